The average Bonchev–Trinajstić information content (AvgIpc) is 3.15. The van der Waals surface area contributed by atoms with Crippen molar-refractivity contribution >= 4 is 51.0 Å². The molecular weight excluding hydrogens is 466 g/mol. The standard InChI is InChI=1S/C28H29N7O2/c1-34-21-11-5-3-9-17(21)18-15-19(24(36)16-23(18)34)25(37)31-20-10-4-6-12-22(20)35-27(30)32-26(29)33-28(35)13-7-2-8-14-28/h3-6,9-12,15-16,36H,2,7-8,13-14H2,1H3,(H,31,37)(H4,29,30,32,33). The first kappa shape index (κ1) is 22.9. The topological polar surface area (TPSA) is 134 Å². The molecule has 3 aromatic carbocycles. The van der Waals surface area contributed by atoms with Crippen molar-refractivity contribution in [2.24, 2.45) is 28.5 Å². The van der Waals surface area contributed by atoms with Crippen molar-refractivity contribution in [3.63, 3.8) is 0 Å². The van der Waals surface area contributed by atoms with Crippen LogP contribution in [0, 0.1) is 0 Å². The van der Waals surface area contributed by atoms with Gasteiger partial charge in [0.25, 0.3) is 5.91 Å². The minimum Gasteiger partial charge on any atom is -0.507 e. The van der Waals surface area contributed by atoms with Gasteiger partial charge in [-0.3, -0.25) is 9.69 Å². The Morgan fingerprint density at radius 3 is 2.51 bits per heavy atom. The Hall–Kier alpha value is -4.53. The number of aromatic hydroxyl groups is 1. The summed E-state index contributed by atoms with van der Waals surface area (Å²) in [4.78, 5) is 24.4. The number of carbonyl (C=O) groups excluding carboxylic acids is 1. The first-order valence-corrected chi connectivity index (χ1v) is 12.5. The molecule has 1 aromatic heterocycles. The number of hydrogen-bond donors (Lipinski definition) is 4. The van der Waals surface area contributed by atoms with E-state index in [-0.39, 0.29) is 23.2 Å². The summed E-state index contributed by atoms with van der Waals surface area (Å²) in [7, 11) is 1.95. The van der Waals surface area contributed by atoms with E-state index in [4.69, 9.17) is 16.5 Å². The van der Waals surface area contributed by atoms with Gasteiger partial charge in [-0.15, -0.1) is 0 Å². The van der Waals surface area contributed by atoms with Crippen molar-refractivity contribution < 1.29 is 9.90 Å². The van der Waals surface area contributed by atoms with Crippen LogP contribution in [-0.4, -0.2) is 33.2 Å². The van der Waals surface area contributed by atoms with Gasteiger partial charge in [-0.2, -0.15) is 4.99 Å². The number of fused-ring (bicyclic) bond motifs is 3. The Morgan fingerprint density at radius 2 is 1.70 bits per heavy atom. The largest absolute Gasteiger partial charge is 0.507 e. The molecule has 4 aromatic rings. The highest BCUT2D eigenvalue weighted by atomic mass is 16.3. The van der Waals surface area contributed by atoms with Gasteiger partial charge in [0.2, 0.25) is 11.9 Å². The van der Waals surface area contributed by atoms with Gasteiger partial charge in [0, 0.05) is 29.4 Å². The second-order valence-corrected chi connectivity index (χ2v) is 9.75. The third-order valence-corrected chi connectivity index (χ3v) is 7.52. The number of carbonyl (C=O) groups is 1. The molecule has 9 nitrogen and oxygen atoms in total. The fourth-order valence-electron chi connectivity index (χ4n) is 5.81. The second-order valence-electron chi connectivity index (χ2n) is 9.75. The summed E-state index contributed by atoms with van der Waals surface area (Å²) in [5.74, 6) is -0.0943. The van der Waals surface area contributed by atoms with Gasteiger partial charge in [-0.1, -0.05) is 36.8 Å². The summed E-state index contributed by atoms with van der Waals surface area (Å²) in [6, 6.07) is 18.8. The zero-order chi connectivity index (χ0) is 25.7. The first-order chi connectivity index (χ1) is 17.9. The zero-order valence-corrected chi connectivity index (χ0v) is 20.6. The number of rotatable bonds is 3. The second kappa shape index (κ2) is 8.55. The highest BCUT2D eigenvalue weighted by Crippen LogP contribution is 2.42. The van der Waals surface area contributed by atoms with Gasteiger partial charge in [-0.25, -0.2) is 4.99 Å². The quantitative estimate of drug-likeness (QED) is 0.334. The number of benzene rings is 3. The summed E-state index contributed by atoms with van der Waals surface area (Å²) < 4.78 is 2.01. The lowest BCUT2D eigenvalue weighted by Gasteiger charge is -2.46. The van der Waals surface area contributed by atoms with E-state index in [1.807, 2.05) is 65.0 Å². The molecule has 2 aliphatic rings. The molecule has 0 atom stereocenters. The number of para-hydroxylation sites is 3. The van der Waals surface area contributed by atoms with Crippen LogP contribution in [0.4, 0.5) is 11.4 Å². The van der Waals surface area contributed by atoms with Gasteiger partial charge in [0.15, 0.2) is 0 Å². The highest BCUT2D eigenvalue weighted by molar-refractivity contribution is 6.15. The molecule has 2 heterocycles. The minimum atomic E-state index is -0.640. The van der Waals surface area contributed by atoms with Crippen molar-refractivity contribution in [1.29, 1.82) is 0 Å². The lowest BCUT2D eigenvalue weighted by atomic mass is 9.87. The maximum Gasteiger partial charge on any atom is 0.259 e. The molecule has 1 aliphatic carbocycles. The summed E-state index contributed by atoms with van der Waals surface area (Å²) in [6.07, 6.45) is 4.67. The Balaban J connectivity index is 1.40. The summed E-state index contributed by atoms with van der Waals surface area (Å²) in [5, 5.41) is 15.8. The monoisotopic (exact) mass is 495 g/mol. The van der Waals surface area contributed by atoms with Crippen LogP contribution < -0.4 is 21.7 Å². The first-order valence-electron chi connectivity index (χ1n) is 12.5. The molecule has 1 saturated carbocycles. The Bertz CT molecular complexity index is 1610. The molecular formula is C28H29N7O2. The number of aliphatic imine (C=N–C) groups is 2. The molecule has 9 heteroatoms. The average molecular weight is 496 g/mol. The molecule has 1 spiro atoms. The van der Waals surface area contributed by atoms with Gasteiger partial charge in [-0.05, 0) is 49.9 Å². The third kappa shape index (κ3) is 3.66. The van der Waals surface area contributed by atoms with Crippen LogP contribution >= 0.6 is 0 Å². The van der Waals surface area contributed by atoms with Crippen LogP contribution in [-0.2, 0) is 7.05 Å². The number of phenols is 1. The SMILES string of the molecule is Cn1c2ccccc2c2cc(C(=O)Nc3ccccc3N3C(N)=NC(N)=NC34CCCCC4)c(O)cc21. The van der Waals surface area contributed by atoms with E-state index in [2.05, 4.69) is 10.3 Å². The molecule has 6 N–H and O–H groups in total. The number of amides is 1. The predicted molar refractivity (Wildman–Crippen MR) is 148 cm³/mol. The van der Waals surface area contributed by atoms with Gasteiger partial charge < -0.3 is 26.5 Å². The van der Waals surface area contributed by atoms with Crippen molar-refractivity contribution in [3.8, 4) is 5.75 Å². The summed E-state index contributed by atoms with van der Waals surface area (Å²) >= 11 is 0. The van der Waals surface area contributed by atoms with Crippen LogP contribution in [0.5, 0.6) is 5.75 Å². The summed E-state index contributed by atoms with van der Waals surface area (Å²) in [5.41, 5.74) is 15.1. The summed E-state index contributed by atoms with van der Waals surface area (Å²) in [6.45, 7) is 0. The lowest BCUT2D eigenvalue weighted by Crippen LogP contribution is -2.58. The molecule has 0 unspecified atom stereocenters. The third-order valence-electron chi connectivity index (χ3n) is 7.52. The van der Waals surface area contributed by atoms with E-state index in [1.165, 1.54) is 0 Å². The fraction of sp³-hybridized carbons (Fsp3) is 0.250. The number of guanidine groups is 2. The van der Waals surface area contributed by atoms with E-state index in [0.717, 1.165) is 53.9 Å². The van der Waals surface area contributed by atoms with Crippen molar-refractivity contribution in [2.75, 3.05) is 10.2 Å². The molecule has 1 aliphatic heterocycles. The van der Waals surface area contributed by atoms with E-state index < -0.39 is 11.6 Å². The number of nitrogens with one attached hydrogen (secondary N) is 1. The number of aryl methyl sites for hydroxylation is 1. The molecule has 0 bridgehead atoms. The Labute approximate surface area is 214 Å². The lowest BCUT2D eigenvalue weighted by molar-refractivity contribution is 0.102. The Morgan fingerprint density at radius 1 is 0.973 bits per heavy atom. The maximum absolute atomic E-state index is 13.6. The predicted octanol–water partition coefficient (Wildman–Crippen LogP) is 4.40. The van der Waals surface area contributed by atoms with Crippen LogP contribution in [0.1, 0.15) is 42.5 Å². The number of nitrogens with zero attached hydrogens (tertiary/aromatic N) is 4. The molecule has 37 heavy (non-hydrogen) atoms. The molecule has 6 rings (SSSR count). The van der Waals surface area contributed by atoms with E-state index in [0.29, 0.717) is 11.4 Å². The number of hydrogen-bond acceptors (Lipinski definition) is 7. The zero-order valence-electron chi connectivity index (χ0n) is 20.6. The van der Waals surface area contributed by atoms with E-state index in [1.54, 1.807) is 12.1 Å². The molecule has 0 radical (unpaired) electrons. The fourth-order valence-corrected chi connectivity index (χ4v) is 5.81. The smallest absolute Gasteiger partial charge is 0.259 e. The molecule has 188 valence electrons. The van der Waals surface area contributed by atoms with Crippen LogP contribution in [0.15, 0.2) is 70.6 Å². The molecule has 0 saturated heterocycles. The molecule has 1 fully saturated rings. The molecule has 1 amide bonds. The number of anilines is 2. The van der Waals surface area contributed by atoms with Crippen LogP contribution in [0.3, 0.4) is 0 Å². The van der Waals surface area contributed by atoms with Crippen molar-refractivity contribution in [3.05, 3.63) is 66.2 Å². The Kier molecular flexibility index (Phi) is 5.29. The maximum atomic E-state index is 13.6. The van der Waals surface area contributed by atoms with Crippen LogP contribution in [0.25, 0.3) is 21.8 Å². The minimum absolute atomic E-state index is 0.0893. The van der Waals surface area contributed by atoms with Crippen LogP contribution in [0.2, 0.25) is 0 Å². The van der Waals surface area contributed by atoms with E-state index in [9.17, 15) is 9.90 Å². The number of phenolic OH excluding ortho intramolecular Hbond substituents is 1. The number of nitrogens with two attached hydrogens (primary N) is 2. The van der Waals surface area contributed by atoms with E-state index >= 15 is 0 Å². The van der Waals surface area contributed by atoms with Crippen molar-refractivity contribution in [2.45, 2.75) is 37.8 Å². The van der Waals surface area contributed by atoms with Gasteiger partial charge in [0.05, 0.1) is 22.5 Å². The van der Waals surface area contributed by atoms with Gasteiger partial charge in [0.1, 0.15) is 11.4 Å². The normalized spacial score (nSPS) is 17.2. The highest BCUT2D eigenvalue weighted by Gasteiger charge is 2.43. The van der Waals surface area contributed by atoms with Gasteiger partial charge >= 0.3 is 0 Å². The van der Waals surface area contributed by atoms with Crippen molar-refractivity contribution in [1.82, 2.24) is 4.57 Å². The number of aromatic nitrogens is 1.